The van der Waals surface area contributed by atoms with Crippen LogP contribution in [0.1, 0.15) is 11.1 Å². The van der Waals surface area contributed by atoms with Crippen molar-refractivity contribution < 1.29 is 9.47 Å². The lowest BCUT2D eigenvalue weighted by Gasteiger charge is -2.10. The molecule has 0 amide bonds. The number of benzene rings is 4. The van der Waals surface area contributed by atoms with Crippen LogP contribution in [0.15, 0.2) is 72.8 Å². The number of rotatable bonds is 4. The molecule has 0 aliphatic carbocycles. The highest BCUT2D eigenvalue weighted by Gasteiger charge is 2.08. The molecule has 0 aliphatic heterocycles. The van der Waals surface area contributed by atoms with Gasteiger partial charge in [-0.05, 0) is 47.5 Å². The van der Waals surface area contributed by atoms with Crippen molar-refractivity contribution in [2.45, 2.75) is 0 Å². The van der Waals surface area contributed by atoms with E-state index in [0.29, 0.717) is 11.4 Å². The van der Waals surface area contributed by atoms with Gasteiger partial charge in [-0.3, -0.25) is 0 Å². The minimum absolute atomic E-state index is 0.704. The lowest BCUT2D eigenvalue weighted by molar-refractivity contribution is 0.414. The zero-order valence-corrected chi connectivity index (χ0v) is 17.1. The molecule has 0 aliphatic rings. The third-order valence-corrected chi connectivity index (χ3v) is 5.23. The maximum Gasteiger partial charge on any atom is 0.118 e. The van der Waals surface area contributed by atoms with Crippen molar-refractivity contribution >= 4 is 34.3 Å². The molecule has 0 atom stereocenters. The van der Waals surface area contributed by atoms with E-state index >= 15 is 0 Å². The van der Waals surface area contributed by atoms with E-state index in [1.54, 1.807) is 14.2 Å². The number of nitrogen functional groups attached to an aromatic ring is 2. The van der Waals surface area contributed by atoms with Crippen LogP contribution in [0.4, 0.5) is 11.4 Å². The first-order chi connectivity index (χ1) is 14.6. The second kappa shape index (κ2) is 8.21. The highest BCUT2D eigenvalue weighted by atomic mass is 16.5. The number of fused-ring (bicyclic) bond motifs is 1. The molecule has 4 aromatic carbocycles. The van der Waals surface area contributed by atoms with E-state index in [4.69, 9.17) is 20.9 Å². The smallest absolute Gasteiger partial charge is 0.118 e. The fourth-order valence-corrected chi connectivity index (χ4v) is 3.58. The Labute approximate surface area is 175 Å². The van der Waals surface area contributed by atoms with Crippen molar-refractivity contribution in [2.75, 3.05) is 25.7 Å². The van der Waals surface area contributed by atoms with E-state index in [9.17, 15) is 0 Å². The van der Waals surface area contributed by atoms with Crippen molar-refractivity contribution in [1.29, 1.82) is 0 Å². The van der Waals surface area contributed by atoms with Crippen molar-refractivity contribution in [3.8, 4) is 11.5 Å². The van der Waals surface area contributed by atoms with Gasteiger partial charge in [-0.15, -0.1) is 0 Å². The van der Waals surface area contributed by atoms with Crippen LogP contribution in [-0.2, 0) is 0 Å². The first-order valence-corrected chi connectivity index (χ1v) is 9.68. The second-order valence-corrected chi connectivity index (χ2v) is 7.04. The Bertz CT molecular complexity index is 1200. The molecular formula is C26H24N2O2. The highest BCUT2D eigenvalue weighted by Crippen LogP contribution is 2.22. The fourth-order valence-electron chi connectivity index (χ4n) is 3.58. The molecule has 0 aromatic heterocycles. The Morgan fingerprint density at radius 3 is 1.27 bits per heavy atom. The van der Waals surface area contributed by atoms with Gasteiger partial charge in [0.2, 0.25) is 0 Å². The normalized spacial score (nSPS) is 12.3. The summed E-state index contributed by atoms with van der Waals surface area (Å²) in [5, 5.41) is 3.68. The standard InChI is InChI=1S/C26H24N2O2/c1-29-19-11-7-17(8-12-19)15-23-24(16-18-9-13-20(30-2)14-10-18)26(28)22-6-4-3-5-21(22)25(23)27/h3-16H,27-28H2,1-2H3. The molecule has 4 aromatic rings. The Morgan fingerprint density at radius 1 is 0.567 bits per heavy atom. The molecule has 4 N–H and O–H groups in total. The summed E-state index contributed by atoms with van der Waals surface area (Å²) in [6.45, 7) is 0. The molecule has 0 saturated heterocycles. The van der Waals surface area contributed by atoms with E-state index in [1.165, 1.54) is 0 Å². The number of hydrogen-bond acceptors (Lipinski definition) is 4. The lowest BCUT2D eigenvalue weighted by atomic mass is 9.99. The Morgan fingerprint density at radius 2 is 0.933 bits per heavy atom. The Kier molecular flexibility index (Phi) is 5.31. The fraction of sp³-hybridized carbons (Fsp3) is 0.0769. The van der Waals surface area contributed by atoms with E-state index in [0.717, 1.165) is 43.8 Å². The van der Waals surface area contributed by atoms with Crippen molar-refractivity contribution in [3.63, 3.8) is 0 Å². The van der Waals surface area contributed by atoms with Gasteiger partial charge >= 0.3 is 0 Å². The summed E-state index contributed by atoms with van der Waals surface area (Å²) in [7, 11) is 3.31. The molecule has 0 radical (unpaired) electrons. The summed E-state index contributed by atoms with van der Waals surface area (Å²) in [6, 6.07) is 23.7. The van der Waals surface area contributed by atoms with Gasteiger partial charge in [0, 0.05) is 32.6 Å². The molecule has 0 saturated carbocycles. The largest absolute Gasteiger partial charge is 0.497 e. The first kappa shape index (κ1) is 19.4. The number of anilines is 2. The van der Waals surface area contributed by atoms with Crippen LogP contribution < -0.4 is 31.4 Å². The Balaban J connectivity index is 2.03. The predicted octanol–water partition coefficient (Wildman–Crippen LogP) is 3.68. The van der Waals surface area contributed by atoms with Gasteiger partial charge in [-0.25, -0.2) is 0 Å². The molecule has 4 rings (SSSR count). The van der Waals surface area contributed by atoms with Gasteiger partial charge in [0.1, 0.15) is 11.5 Å². The molecule has 0 fully saturated rings. The Hall–Kier alpha value is -3.92. The second-order valence-electron chi connectivity index (χ2n) is 7.04. The molecule has 4 heteroatoms. The zero-order chi connectivity index (χ0) is 21.1. The highest BCUT2D eigenvalue weighted by molar-refractivity contribution is 6.01. The number of hydrogen-bond donors (Lipinski definition) is 2. The van der Waals surface area contributed by atoms with Gasteiger partial charge in [0.05, 0.1) is 14.2 Å². The van der Waals surface area contributed by atoms with Crippen molar-refractivity contribution in [3.05, 3.63) is 94.4 Å². The van der Waals surface area contributed by atoms with Crippen LogP contribution in [0, 0.1) is 0 Å². The van der Waals surface area contributed by atoms with E-state index in [1.807, 2.05) is 72.8 Å². The van der Waals surface area contributed by atoms with Crippen LogP contribution in [0.2, 0.25) is 0 Å². The van der Waals surface area contributed by atoms with Gasteiger partial charge in [-0.2, -0.15) is 0 Å². The molecule has 0 bridgehead atoms. The molecule has 0 heterocycles. The SMILES string of the molecule is COc1ccc(C=c2c(N)c3ccccc3c(N)c2=Cc2ccc(OC)cc2)cc1. The summed E-state index contributed by atoms with van der Waals surface area (Å²) in [6.07, 6.45) is 4.12. The van der Waals surface area contributed by atoms with Gasteiger partial charge in [-0.1, -0.05) is 48.5 Å². The van der Waals surface area contributed by atoms with E-state index < -0.39 is 0 Å². The minimum atomic E-state index is 0.704. The lowest BCUT2D eigenvalue weighted by Crippen LogP contribution is -2.31. The van der Waals surface area contributed by atoms with Gasteiger partial charge in [0.25, 0.3) is 0 Å². The summed E-state index contributed by atoms with van der Waals surface area (Å²) >= 11 is 0. The quantitative estimate of drug-likeness (QED) is 0.516. The number of methoxy groups -OCH3 is 2. The van der Waals surface area contributed by atoms with Crippen LogP contribution in [0.5, 0.6) is 11.5 Å². The predicted molar refractivity (Wildman–Crippen MR) is 125 cm³/mol. The number of ether oxygens (including phenoxy) is 2. The maximum atomic E-state index is 6.64. The molecule has 4 nitrogen and oxygen atoms in total. The monoisotopic (exact) mass is 396 g/mol. The number of nitrogens with two attached hydrogens (primary N) is 2. The molecule has 0 unspecified atom stereocenters. The van der Waals surface area contributed by atoms with E-state index in [2.05, 4.69) is 12.2 Å². The summed E-state index contributed by atoms with van der Waals surface area (Å²) < 4.78 is 10.5. The van der Waals surface area contributed by atoms with Gasteiger partial charge < -0.3 is 20.9 Å². The van der Waals surface area contributed by atoms with Gasteiger partial charge in [0.15, 0.2) is 0 Å². The summed E-state index contributed by atoms with van der Waals surface area (Å²) in [5.41, 5.74) is 16.7. The van der Waals surface area contributed by atoms with Crippen LogP contribution in [0.3, 0.4) is 0 Å². The average molecular weight is 396 g/mol. The maximum absolute atomic E-state index is 6.64. The topological polar surface area (TPSA) is 70.5 Å². The molecular weight excluding hydrogens is 372 g/mol. The van der Waals surface area contributed by atoms with Crippen LogP contribution >= 0.6 is 0 Å². The first-order valence-electron chi connectivity index (χ1n) is 9.68. The third kappa shape index (κ3) is 3.67. The molecule has 30 heavy (non-hydrogen) atoms. The third-order valence-electron chi connectivity index (χ3n) is 5.23. The van der Waals surface area contributed by atoms with Crippen molar-refractivity contribution in [1.82, 2.24) is 0 Å². The van der Waals surface area contributed by atoms with Crippen molar-refractivity contribution in [2.24, 2.45) is 0 Å². The minimum Gasteiger partial charge on any atom is -0.497 e. The molecule has 150 valence electrons. The summed E-state index contributed by atoms with van der Waals surface area (Å²) in [4.78, 5) is 0. The van der Waals surface area contributed by atoms with Crippen LogP contribution in [0.25, 0.3) is 22.9 Å². The molecule has 0 spiro atoms. The average Bonchev–Trinajstić information content (AvgIpc) is 2.80. The van der Waals surface area contributed by atoms with E-state index in [-0.39, 0.29) is 0 Å². The zero-order valence-electron chi connectivity index (χ0n) is 17.1. The summed E-state index contributed by atoms with van der Waals surface area (Å²) in [5.74, 6) is 1.62. The van der Waals surface area contributed by atoms with Crippen LogP contribution in [-0.4, -0.2) is 14.2 Å².